The zero-order chi connectivity index (χ0) is 12.5. The Labute approximate surface area is 115 Å². The number of halogens is 1. The number of fused-ring (bicyclic) bond motifs is 1. The molecule has 0 aromatic heterocycles. The number of amides is 1. The van der Waals surface area contributed by atoms with Crippen LogP contribution in [0, 0.1) is 0 Å². The van der Waals surface area contributed by atoms with Crippen LogP contribution < -0.4 is 4.90 Å². The summed E-state index contributed by atoms with van der Waals surface area (Å²) in [5.41, 5.74) is 1.04. The molecule has 3 heteroatoms. The fourth-order valence-electron chi connectivity index (χ4n) is 2.54. The van der Waals surface area contributed by atoms with Gasteiger partial charge in [-0.3, -0.25) is 4.79 Å². The highest BCUT2D eigenvalue weighted by Crippen LogP contribution is 2.33. The second kappa shape index (κ2) is 4.73. The van der Waals surface area contributed by atoms with E-state index in [0.29, 0.717) is 6.42 Å². The molecule has 1 aliphatic rings. The predicted octanol–water partition coefficient (Wildman–Crippen LogP) is 4.12. The first-order valence-corrected chi connectivity index (χ1v) is 7.04. The van der Waals surface area contributed by atoms with Crippen LogP contribution in [-0.2, 0) is 4.79 Å². The third kappa shape index (κ3) is 1.93. The summed E-state index contributed by atoms with van der Waals surface area (Å²) < 4.78 is 1.08. The van der Waals surface area contributed by atoms with Gasteiger partial charge in [0.1, 0.15) is 0 Å². The first-order valence-electron chi connectivity index (χ1n) is 6.25. The van der Waals surface area contributed by atoms with Gasteiger partial charge in [0.2, 0.25) is 5.91 Å². The molecule has 2 nitrogen and oxygen atoms in total. The molecule has 0 aliphatic carbocycles. The quantitative estimate of drug-likeness (QED) is 0.776. The summed E-state index contributed by atoms with van der Waals surface area (Å²) in [6, 6.07) is 12.3. The van der Waals surface area contributed by atoms with Crippen molar-refractivity contribution in [1.82, 2.24) is 0 Å². The summed E-state index contributed by atoms with van der Waals surface area (Å²) in [4.78, 5) is 14.0. The number of benzene rings is 2. The molecule has 1 fully saturated rings. The standard InChI is InChI=1S/C15H14BrNO/c16-13-8-9-14(12-6-2-1-5-11(12)13)17-10-4-3-7-15(17)18/h1-2,5-6,8-9H,3-4,7,10H2. The maximum Gasteiger partial charge on any atom is 0.226 e. The van der Waals surface area contributed by atoms with Crippen molar-refractivity contribution >= 4 is 38.3 Å². The number of hydrogen-bond acceptors (Lipinski definition) is 1. The maximum absolute atomic E-state index is 12.0. The van der Waals surface area contributed by atoms with Crippen molar-refractivity contribution < 1.29 is 4.79 Å². The van der Waals surface area contributed by atoms with Crippen molar-refractivity contribution in [2.45, 2.75) is 19.3 Å². The van der Waals surface area contributed by atoms with Gasteiger partial charge in [-0.1, -0.05) is 40.2 Å². The van der Waals surface area contributed by atoms with E-state index in [1.807, 2.05) is 29.2 Å². The summed E-state index contributed by atoms with van der Waals surface area (Å²) in [7, 11) is 0. The molecule has 2 aromatic carbocycles. The Morgan fingerprint density at radius 3 is 2.56 bits per heavy atom. The molecule has 0 N–H and O–H groups in total. The summed E-state index contributed by atoms with van der Waals surface area (Å²) >= 11 is 3.57. The highest BCUT2D eigenvalue weighted by molar-refractivity contribution is 9.10. The van der Waals surface area contributed by atoms with Crippen molar-refractivity contribution in [1.29, 1.82) is 0 Å². The zero-order valence-electron chi connectivity index (χ0n) is 10.0. The van der Waals surface area contributed by atoms with Gasteiger partial charge in [0.15, 0.2) is 0 Å². The van der Waals surface area contributed by atoms with Crippen LogP contribution in [0.15, 0.2) is 40.9 Å². The van der Waals surface area contributed by atoms with Crippen molar-refractivity contribution in [3.05, 3.63) is 40.9 Å². The monoisotopic (exact) mass is 303 g/mol. The normalized spacial score (nSPS) is 16.3. The minimum Gasteiger partial charge on any atom is -0.312 e. The van der Waals surface area contributed by atoms with Gasteiger partial charge in [0, 0.05) is 22.8 Å². The fourth-order valence-corrected chi connectivity index (χ4v) is 3.02. The molecule has 0 spiro atoms. The van der Waals surface area contributed by atoms with Gasteiger partial charge in [-0.2, -0.15) is 0 Å². The van der Waals surface area contributed by atoms with Crippen LogP contribution >= 0.6 is 15.9 Å². The van der Waals surface area contributed by atoms with E-state index in [9.17, 15) is 4.79 Å². The van der Waals surface area contributed by atoms with Crippen LogP contribution in [0.1, 0.15) is 19.3 Å². The number of carbonyl (C=O) groups excluding carboxylic acids is 1. The SMILES string of the molecule is O=C1CCCCN1c1ccc(Br)c2ccccc12. The average molecular weight is 304 g/mol. The Kier molecular flexibility index (Phi) is 3.08. The molecule has 18 heavy (non-hydrogen) atoms. The lowest BCUT2D eigenvalue weighted by Crippen LogP contribution is -2.35. The molecule has 1 heterocycles. The molecule has 0 saturated carbocycles. The van der Waals surface area contributed by atoms with Gasteiger partial charge >= 0.3 is 0 Å². The Balaban J connectivity index is 2.17. The van der Waals surface area contributed by atoms with Crippen LogP contribution in [-0.4, -0.2) is 12.5 Å². The zero-order valence-corrected chi connectivity index (χ0v) is 11.6. The molecule has 3 rings (SSSR count). The average Bonchev–Trinajstić information content (AvgIpc) is 2.41. The van der Waals surface area contributed by atoms with E-state index in [4.69, 9.17) is 0 Å². The summed E-state index contributed by atoms with van der Waals surface area (Å²) in [6.45, 7) is 0.838. The van der Waals surface area contributed by atoms with E-state index in [1.54, 1.807) is 0 Å². The highest BCUT2D eigenvalue weighted by atomic mass is 79.9. The molecule has 1 amide bonds. The Morgan fingerprint density at radius 2 is 1.78 bits per heavy atom. The van der Waals surface area contributed by atoms with Crippen molar-refractivity contribution in [2.24, 2.45) is 0 Å². The molecule has 1 saturated heterocycles. The van der Waals surface area contributed by atoms with Gasteiger partial charge in [0.05, 0.1) is 5.69 Å². The third-order valence-electron chi connectivity index (χ3n) is 3.46. The predicted molar refractivity (Wildman–Crippen MR) is 77.9 cm³/mol. The first kappa shape index (κ1) is 11.7. The van der Waals surface area contributed by atoms with E-state index in [1.165, 1.54) is 0 Å². The van der Waals surface area contributed by atoms with Gasteiger partial charge in [0.25, 0.3) is 0 Å². The molecule has 92 valence electrons. The third-order valence-corrected chi connectivity index (χ3v) is 4.15. The molecular weight excluding hydrogens is 290 g/mol. The number of rotatable bonds is 1. The lowest BCUT2D eigenvalue weighted by Gasteiger charge is -2.28. The van der Waals surface area contributed by atoms with Crippen molar-refractivity contribution in [3.63, 3.8) is 0 Å². The first-order chi connectivity index (χ1) is 8.77. The van der Waals surface area contributed by atoms with Crippen LogP contribution in [0.4, 0.5) is 5.69 Å². The molecule has 2 aromatic rings. The molecule has 0 atom stereocenters. The van der Waals surface area contributed by atoms with E-state index in [-0.39, 0.29) is 5.91 Å². The van der Waals surface area contributed by atoms with Crippen LogP contribution in [0.2, 0.25) is 0 Å². The lowest BCUT2D eigenvalue weighted by molar-refractivity contribution is -0.119. The van der Waals surface area contributed by atoms with Gasteiger partial charge < -0.3 is 4.90 Å². The van der Waals surface area contributed by atoms with E-state index in [2.05, 4.69) is 28.1 Å². The van der Waals surface area contributed by atoms with Crippen molar-refractivity contribution in [2.75, 3.05) is 11.4 Å². The minimum atomic E-state index is 0.244. The van der Waals surface area contributed by atoms with Gasteiger partial charge in [-0.15, -0.1) is 0 Å². The number of nitrogens with zero attached hydrogens (tertiary/aromatic N) is 1. The number of hydrogen-bond donors (Lipinski definition) is 0. The molecular formula is C15H14BrNO. The molecule has 0 bridgehead atoms. The van der Waals surface area contributed by atoms with E-state index >= 15 is 0 Å². The van der Waals surface area contributed by atoms with Crippen LogP contribution in [0.3, 0.4) is 0 Å². The second-order valence-corrected chi connectivity index (χ2v) is 5.47. The number of anilines is 1. The minimum absolute atomic E-state index is 0.244. The summed E-state index contributed by atoms with van der Waals surface area (Å²) in [6.07, 6.45) is 2.78. The summed E-state index contributed by atoms with van der Waals surface area (Å²) in [5, 5.41) is 2.30. The second-order valence-electron chi connectivity index (χ2n) is 4.61. The number of piperidine rings is 1. The Hall–Kier alpha value is -1.35. The highest BCUT2D eigenvalue weighted by Gasteiger charge is 2.21. The van der Waals surface area contributed by atoms with E-state index in [0.717, 1.165) is 40.3 Å². The largest absolute Gasteiger partial charge is 0.312 e. The lowest BCUT2D eigenvalue weighted by atomic mass is 10.0. The number of carbonyl (C=O) groups is 1. The van der Waals surface area contributed by atoms with Crippen molar-refractivity contribution in [3.8, 4) is 0 Å². The topological polar surface area (TPSA) is 20.3 Å². The smallest absolute Gasteiger partial charge is 0.226 e. The van der Waals surface area contributed by atoms with Gasteiger partial charge in [-0.25, -0.2) is 0 Å². The van der Waals surface area contributed by atoms with Crippen LogP contribution in [0.5, 0.6) is 0 Å². The fraction of sp³-hybridized carbons (Fsp3) is 0.267. The van der Waals surface area contributed by atoms with Gasteiger partial charge in [-0.05, 0) is 30.4 Å². The van der Waals surface area contributed by atoms with E-state index < -0.39 is 0 Å². The Bertz CT molecular complexity index is 608. The maximum atomic E-state index is 12.0. The van der Waals surface area contributed by atoms with Crippen LogP contribution in [0.25, 0.3) is 10.8 Å². The molecule has 0 radical (unpaired) electrons. The Morgan fingerprint density at radius 1 is 1.00 bits per heavy atom. The summed E-state index contributed by atoms with van der Waals surface area (Å²) in [5.74, 6) is 0.244. The molecule has 1 aliphatic heterocycles. The molecule has 0 unspecified atom stereocenters.